The third-order valence-corrected chi connectivity index (χ3v) is 5.98. The maximum Gasteiger partial charge on any atom is 0.350 e. The number of aromatic nitrogens is 4. The molecule has 0 aromatic carbocycles. The van der Waals surface area contributed by atoms with E-state index < -0.39 is 11.9 Å². The monoisotopic (exact) mass is 496 g/mol. The van der Waals surface area contributed by atoms with Crippen LogP contribution < -0.4 is 10.6 Å². The highest BCUT2D eigenvalue weighted by Gasteiger charge is 2.14. The molecular formula is C22H20N6O4S2. The molecule has 4 aromatic heterocycles. The largest absolute Gasteiger partial charge is 0.462 e. The molecule has 4 aromatic rings. The van der Waals surface area contributed by atoms with Crippen molar-refractivity contribution in [3.63, 3.8) is 0 Å². The lowest BCUT2D eigenvalue weighted by atomic mass is 10.2. The Kier molecular flexibility index (Phi) is 7.40. The van der Waals surface area contributed by atoms with E-state index >= 15 is 0 Å². The highest BCUT2D eigenvalue weighted by molar-refractivity contribution is 7.17. The zero-order valence-electron chi connectivity index (χ0n) is 18.3. The number of carbonyl (C=O) groups excluding carboxylic acids is 2. The average molecular weight is 497 g/mol. The Bertz CT molecular complexity index is 1210. The summed E-state index contributed by atoms with van der Waals surface area (Å²) in [6.07, 6.45) is 2.94. The molecule has 34 heavy (non-hydrogen) atoms. The summed E-state index contributed by atoms with van der Waals surface area (Å²) in [5.74, 6) is 0.304. The van der Waals surface area contributed by atoms with Gasteiger partial charge in [0.25, 0.3) is 0 Å². The predicted molar refractivity (Wildman–Crippen MR) is 130 cm³/mol. The first-order valence-corrected chi connectivity index (χ1v) is 11.9. The number of nitrogens with zero attached hydrogens (tertiary/aromatic N) is 4. The molecule has 0 saturated heterocycles. The van der Waals surface area contributed by atoms with E-state index in [0.29, 0.717) is 56.3 Å². The Balaban J connectivity index is 1.47. The number of hydrogen-bond acceptors (Lipinski definition) is 12. The van der Waals surface area contributed by atoms with Crippen molar-refractivity contribution in [1.82, 2.24) is 19.9 Å². The molecule has 0 radical (unpaired) electrons. The standard InChI is InChI=1S/C22H20N6O4S2/c1-3-31-19(29)15-11-23-21(33-15)27-17-9-5-7-13(25-17)14-8-6-10-18(26-14)28-22-24-12-16(34-22)20(30)32-4-2/h5-12H,3-4H2,1-2H3,(H,23,25,27)(H,24,26,28). The predicted octanol–water partition coefficient (Wildman–Crippen LogP) is 4.90. The topological polar surface area (TPSA) is 128 Å². The van der Waals surface area contributed by atoms with Gasteiger partial charge in [0, 0.05) is 0 Å². The van der Waals surface area contributed by atoms with Crippen LogP contribution >= 0.6 is 22.7 Å². The van der Waals surface area contributed by atoms with Gasteiger partial charge in [-0.1, -0.05) is 34.8 Å². The number of anilines is 4. The van der Waals surface area contributed by atoms with Crippen molar-refractivity contribution in [3.8, 4) is 11.4 Å². The fourth-order valence-corrected chi connectivity index (χ4v) is 4.20. The SMILES string of the molecule is CCOC(=O)c1cnc(Nc2cccc(-c3cccc(Nc4ncc(C(=O)OCC)s4)n3)n2)s1. The van der Waals surface area contributed by atoms with Crippen LogP contribution in [0.3, 0.4) is 0 Å². The van der Waals surface area contributed by atoms with Crippen LogP contribution in [0.4, 0.5) is 21.9 Å². The summed E-state index contributed by atoms with van der Waals surface area (Å²) in [4.78, 5) is 42.1. The Morgan fingerprint density at radius 3 is 1.62 bits per heavy atom. The molecule has 0 amide bonds. The van der Waals surface area contributed by atoms with Crippen molar-refractivity contribution in [2.24, 2.45) is 0 Å². The van der Waals surface area contributed by atoms with Gasteiger partial charge in [-0.15, -0.1) is 0 Å². The Labute approximate surface area is 203 Å². The Morgan fingerprint density at radius 2 is 1.21 bits per heavy atom. The minimum Gasteiger partial charge on any atom is -0.462 e. The van der Waals surface area contributed by atoms with E-state index in [9.17, 15) is 9.59 Å². The number of pyridine rings is 2. The molecule has 0 atom stereocenters. The van der Waals surface area contributed by atoms with Crippen LogP contribution in [0.5, 0.6) is 0 Å². The molecule has 4 heterocycles. The summed E-state index contributed by atoms with van der Waals surface area (Å²) in [5.41, 5.74) is 1.28. The minimum absolute atomic E-state index is 0.305. The fraction of sp³-hybridized carbons (Fsp3) is 0.182. The first-order chi connectivity index (χ1) is 16.6. The van der Waals surface area contributed by atoms with Crippen LogP contribution in [0.1, 0.15) is 33.2 Å². The first-order valence-electron chi connectivity index (χ1n) is 10.3. The highest BCUT2D eigenvalue weighted by atomic mass is 32.1. The summed E-state index contributed by atoms with van der Waals surface area (Å²) in [6.45, 7) is 4.12. The van der Waals surface area contributed by atoms with Crippen LogP contribution in [0.2, 0.25) is 0 Å². The number of ether oxygens (including phenoxy) is 2. The summed E-state index contributed by atoms with van der Waals surface area (Å²) >= 11 is 2.37. The molecule has 0 aliphatic carbocycles. The number of carbonyl (C=O) groups is 2. The molecule has 0 spiro atoms. The van der Waals surface area contributed by atoms with Gasteiger partial charge < -0.3 is 20.1 Å². The van der Waals surface area contributed by atoms with Crippen LogP contribution in [-0.2, 0) is 9.47 Å². The number of esters is 2. The van der Waals surface area contributed by atoms with Crippen LogP contribution in [0.25, 0.3) is 11.4 Å². The lowest BCUT2D eigenvalue weighted by Gasteiger charge is -2.07. The van der Waals surface area contributed by atoms with Crippen LogP contribution in [-0.4, -0.2) is 45.1 Å². The van der Waals surface area contributed by atoms with Gasteiger partial charge in [0.2, 0.25) is 0 Å². The quantitative estimate of drug-likeness (QED) is 0.309. The smallest absolute Gasteiger partial charge is 0.350 e. The third kappa shape index (κ3) is 5.71. The first kappa shape index (κ1) is 23.3. The molecule has 0 unspecified atom stereocenters. The maximum atomic E-state index is 11.8. The molecule has 12 heteroatoms. The van der Waals surface area contributed by atoms with Crippen molar-refractivity contribution in [2.45, 2.75) is 13.8 Å². The Hall–Kier alpha value is -3.90. The van der Waals surface area contributed by atoms with Gasteiger partial charge in [-0.05, 0) is 38.1 Å². The van der Waals surface area contributed by atoms with Crippen molar-refractivity contribution in [2.75, 3.05) is 23.8 Å². The number of hydrogen-bond donors (Lipinski definition) is 2. The molecule has 2 N–H and O–H groups in total. The van der Waals surface area contributed by atoms with Gasteiger partial charge in [-0.3, -0.25) is 0 Å². The number of thiazole rings is 2. The lowest BCUT2D eigenvalue weighted by molar-refractivity contribution is 0.0522. The van der Waals surface area contributed by atoms with Crippen molar-refractivity contribution in [3.05, 3.63) is 58.5 Å². The highest BCUT2D eigenvalue weighted by Crippen LogP contribution is 2.26. The molecule has 0 fully saturated rings. The lowest BCUT2D eigenvalue weighted by Crippen LogP contribution is -2.01. The van der Waals surface area contributed by atoms with Crippen molar-refractivity contribution >= 4 is 56.5 Å². The summed E-state index contributed by atoms with van der Waals surface area (Å²) in [6, 6.07) is 11.0. The van der Waals surface area contributed by atoms with Crippen LogP contribution in [0.15, 0.2) is 48.8 Å². The zero-order valence-corrected chi connectivity index (χ0v) is 19.9. The fourth-order valence-electron chi connectivity index (χ4n) is 2.77. The molecule has 0 aliphatic heterocycles. The molecule has 10 nitrogen and oxygen atoms in total. The van der Waals surface area contributed by atoms with E-state index in [1.165, 1.54) is 35.1 Å². The maximum absolute atomic E-state index is 11.8. The normalized spacial score (nSPS) is 10.5. The third-order valence-electron chi connectivity index (χ3n) is 4.20. The van der Waals surface area contributed by atoms with E-state index in [1.54, 1.807) is 26.0 Å². The van der Waals surface area contributed by atoms with Crippen molar-refractivity contribution < 1.29 is 19.1 Å². The van der Waals surface area contributed by atoms with Gasteiger partial charge in [0.05, 0.1) is 37.0 Å². The number of rotatable bonds is 9. The Morgan fingerprint density at radius 1 is 0.765 bits per heavy atom. The molecule has 174 valence electrons. The van der Waals surface area contributed by atoms with Gasteiger partial charge in [-0.25, -0.2) is 29.5 Å². The molecule has 0 aliphatic rings. The van der Waals surface area contributed by atoms with Crippen molar-refractivity contribution in [1.29, 1.82) is 0 Å². The van der Waals surface area contributed by atoms with E-state index in [1.807, 2.05) is 24.3 Å². The van der Waals surface area contributed by atoms with E-state index in [0.717, 1.165) is 0 Å². The second-order valence-corrected chi connectivity index (χ2v) is 8.63. The molecule has 0 bridgehead atoms. The van der Waals surface area contributed by atoms with Gasteiger partial charge in [0.1, 0.15) is 21.4 Å². The van der Waals surface area contributed by atoms with Gasteiger partial charge >= 0.3 is 11.9 Å². The van der Waals surface area contributed by atoms with Gasteiger partial charge in [0.15, 0.2) is 10.3 Å². The molecular weight excluding hydrogens is 476 g/mol. The summed E-state index contributed by atoms with van der Waals surface area (Å²) in [5, 5.41) is 7.26. The summed E-state index contributed by atoms with van der Waals surface area (Å²) in [7, 11) is 0. The number of nitrogens with one attached hydrogen (secondary N) is 2. The second-order valence-electron chi connectivity index (χ2n) is 6.57. The van der Waals surface area contributed by atoms with E-state index in [4.69, 9.17) is 9.47 Å². The minimum atomic E-state index is -0.405. The average Bonchev–Trinajstić information content (AvgIpc) is 3.50. The second kappa shape index (κ2) is 10.8. The molecule has 4 rings (SSSR count). The van der Waals surface area contributed by atoms with Crippen LogP contribution in [0, 0.1) is 0 Å². The van der Waals surface area contributed by atoms with E-state index in [-0.39, 0.29) is 0 Å². The molecule has 0 saturated carbocycles. The van der Waals surface area contributed by atoms with Gasteiger partial charge in [-0.2, -0.15) is 0 Å². The van der Waals surface area contributed by atoms with E-state index in [2.05, 4.69) is 30.6 Å². The summed E-state index contributed by atoms with van der Waals surface area (Å²) < 4.78 is 9.99. The zero-order chi connectivity index (χ0) is 23.9.